The minimum Gasteiger partial charge on any atom is -0.456 e. The molecule has 2 aromatic heterocycles. The summed E-state index contributed by atoms with van der Waals surface area (Å²) in [7, 11) is 0. The van der Waals surface area contributed by atoms with E-state index in [1.165, 1.54) is 11.4 Å². The summed E-state index contributed by atoms with van der Waals surface area (Å²) in [6.07, 6.45) is 0.435. The van der Waals surface area contributed by atoms with E-state index in [4.69, 9.17) is 10.5 Å². The number of Topliss-reactive ketones (excluding diaryl/α,β-unsaturated/α-hetero) is 1. The van der Waals surface area contributed by atoms with Gasteiger partial charge in [-0.3, -0.25) is 14.4 Å². The summed E-state index contributed by atoms with van der Waals surface area (Å²) in [5.74, 6) is -0.698. The minimum absolute atomic E-state index is 0.0658. The number of carbonyl (C=O) groups is 3. The van der Waals surface area contributed by atoms with Crippen molar-refractivity contribution in [3.8, 4) is 0 Å². The number of fused-ring (bicyclic) bond motifs is 1. The Morgan fingerprint density at radius 2 is 1.90 bits per heavy atom. The van der Waals surface area contributed by atoms with E-state index in [2.05, 4.69) is 20.4 Å². The van der Waals surface area contributed by atoms with Crippen LogP contribution in [0.25, 0.3) is 5.78 Å². The molecule has 1 amide bonds. The number of nitrogen functional groups attached to an aromatic ring is 1. The van der Waals surface area contributed by atoms with Crippen LogP contribution in [0.2, 0.25) is 0 Å². The molecule has 0 aliphatic heterocycles. The number of nitrogens with one attached hydrogen (secondary N) is 1. The number of para-hydroxylation sites is 1. The largest absolute Gasteiger partial charge is 0.456 e. The van der Waals surface area contributed by atoms with Crippen LogP contribution in [0.1, 0.15) is 40.7 Å². The molecule has 1 aromatic carbocycles. The van der Waals surface area contributed by atoms with Gasteiger partial charge in [-0.05, 0) is 44.9 Å². The number of carbonyl (C=O) groups excluding carboxylic acids is 3. The highest BCUT2D eigenvalue weighted by molar-refractivity contribution is 6.04. The smallest absolute Gasteiger partial charge is 0.306 e. The molecule has 0 aliphatic carbocycles. The van der Waals surface area contributed by atoms with Crippen LogP contribution in [0.15, 0.2) is 24.3 Å². The van der Waals surface area contributed by atoms with Crippen molar-refractivity contribution in [1.82, 2.24) is 19.6 Å². The van der Waals surface area contributed by atoms with Gasteiger partial charge in [-0.15, -0.1) is 5.10 Å². The van der Waals surface area contributed by atoms with Gasteiger partial charge in [0.1, 0.15) is 0 Å². The SMILES string of the molecule is CC(=O)c1ccccc1NC(=O)COC(=O)CCc1c(C)nc2nc(N)nn2c1C. The molecule has 30 heavy (non-hydrogen) atoms. The fraction of sp³-hybridized carbons (Fsp3) is 0.300. The summed E-state index contributed by atoms with van der Waals surface area (Å²) in [5, 5.41) is 6.67. The molecule has 0 unspecified atom stereocenters. The molecule has 3 N–H and O–H groups in total. The van der Waals surface area contributed by atoms with Crippen LogP contribution >= 0.6 is 0 Å². The van der Waals surface area contributed by atoms with Gasteiger partial charge in [-0.2, -0.15) is 9.50 Å². The molecule has 0 spiro atoms. The first-order chi connectivity index (χ1) is 14.3. The van der Waals surface area contributed by atoms with Gasteiger partial charge in [0.05, 0.1) is 5.69 Å². The number of esters is 1. The average Bonchev–Trinajstić information content (AvgIpc) is 3.06. The lowest BCUT2D eigenvalue weighted by atomic mass is 10.1. The quantitative estimate of drug-likeness (QED) is 0.442. The molecule has 10 nitrogen and oxygen atoms in total. The van der Waals surface area contributed by atoms with Crippen LogP contribution in [-0.4, -0.2) is 43.8 Å². The Balaban J connectivity index is 1.56. The molecule has 0 radical (unpaired) electrons. The normalized spacial score (nSPS) is 10.8. The van der Waals surface area contributed by atoms with Crippen LogP contribution in [0.3, 0.4) is 0 Å². The summed E-state index contributed by atoms with van der Waals surface area (Å²) in [6.45, 7) is 4.63. The van der Waals surface area contributed by atoms with Crippen molar-refractivity contribution in [3.05, 3.63) is 46.8 Å². The fourth-order valence-corrected chi connectivity index (χ4v) is 3.12. The summed E-state index contributed by atoms with van der Waals surface area (Å²) in [4.78, 5) is 44.2. The summed E-state index contributed by atoms with van der Waals surface area (Å²) in [5.41, 5.74) is 8.73. The van der Waals surface area contributed by atoms with E-state index in [0.29, 0.717) is 23.4 Å². The second-order valence-corrected chi connectivity index (χ2v) is 6.75. The lowest BCUT2D eigenvalue weighted by Crippen LogP contribution is -2.22. The molecule has 0 saturated carbocycles. The van der Waals surface area contributed by atoms with Crippen LogP contribution in [-0.2, 0) is 20.7 Å². The van der Waals surface area contributed by atoms with Crippen LogP contribution < -0.4 is 11.1 Å². The highest BCUT2D eigenvalue weighted by Crippen LogP contribution is 2.17. The summed E-state index contributed by atoms with van der Waals surface area (Å²) < 4.78 is 6.59. The number of rotatable bonds is 7. The van der Waals surface area contributed by atoms with Crippen molar-refractivity contribution >= 4 is 35.1 Å². The number of benzene rings is 1. The van der Waals surface area contributed by atoms with Crippen LogP contribution in [0, 0.1) is 13.8 Å². The third kappa shape index (κ3) is 4.59. The van der Waals surface area contributed by atoms with E-state index in [1.54, 1.807) is 24.3 Å². The van der Waals surface area contributed by atoms with Crippen molar-refractivity contribution in [1.29, 1.82) is 0 Å². The number of amides is 1. The van der Waals surface area contributed by atoms with E-state index >= 15 is 0 Å². The van der Waals surface area contributed by atoms with Crippen molar-refractivity contribution in [3.63, 3.8) is 0 Å². The van der Waals surface area contributed by atoms with Gasteiger partial charge in [0, 0.05) is 23.4 Å². The third-order valence-electron chi connectivity index (χ3n) is 4.59. The number of hydrogen-bond donors (Lipinski definition) is 2. The van der Waals surface area contributed by atoms with Crippen molar-refractivity contribution in [2.24, 2.45) is 0 Å². The fourth-order valence-electron chi connectivity index (χ4n) is 3.12. The lowest BCUT2D eigenvalue weighted by molar-refractivity contribution is -0.147. The maximum Gasteiger partial charge on any atom is 0.306 e. The minimum atomic E-state index is -0.526. The van der Waals surface area contributed by atoms with Gasteiger partial charge in [-0.1, -0.05) is 12.1 Å². The number of ketones is 1. The molecular weight excluding hydrogens is 388 g/mol. The van der Waals surface area contributed by atoms with Gasteiger partial charge in [-0.25, -0.2) is 4.98 Å². The number of anilines is 2. The van der Waals surface area contributed by atoms with Gasteiger partial charge in [0.2, 0.25) is 5.95 Å². The summed E-state index contributed by atoms with van der Waals surface area (Å²) in [6, 6.07) is 6.63. The average molecular weight is 410 g/mol. The standard InChI is InChI=1S/C20H22N6O4/c1-11-14(12(2)26-20(22-11)24-19(21)25-26)8-9-18(29)30-10-17(28)23-16-7-5-4-6-15(16)13(3)27/h4-7H,8-10H2,1-3H3,(H2,21,25)(H,23,28). The molecule has 3 rings (SSSR count). The molecule has 0 saturated heterocycles. The third-order valence-corrected chi connectivity index (χ3v) is 4.59. The zero-order valence-corrected chi connectivity index (χ0v) is 16.9. The first-order valence-electron chi connectivity index (χ1n) is 9.30. The molecule has 0 bridgehead atoms. The molecule has 0 atom stereocenters. The predicted octanol–water partition coefficient (Wildman–Crippen LogP) is 1.64. The number of aromatic nitrogens is 4. The first kappa shape index (κ1) is 20.9. The molecule has 2 heterocycles. The predicted molar refractivity (Wildman–Crippen MR) is 109 cm³/mol. The van der Waals surface area contributed by atoms with Crippen LogP contribution in [0.5, 0.6) is 0 Å². The molecule has 3 aromatic rings. The van der Waals surface area contributed by atoms with Gasteiger partial charge < -0.3 is 15.8 Å². The van der Waals surface area contributed by atoms with Gasteiger partial charge in [0.15, 0.2) is 12.4 Å². The second kappa shape index (κ2) is 8.68. The van der Waals surface area contributed by atoms with E-state index in [0.717, 1.165) is 17.0 Å². The Labute approximate surface area is 172 Å². The van der Waals surface area contributed by atoms with Crippen LogP contribution in [0.4, 0.5) is 11.6 Å². The van der Waals surface area contributed by atoms with Gasteiger partial charge in [0.25, 0.3) is 11.7 Å². The molecular formula is C20H22N6O4. The molecule has 0 fully saturated rings. The lowest BCUT2D eigenvalue weighted by Gasteiger charge is -2.11. The Morgan fingerprint density at radius 1 is 1.17 bits per heavy atom. The zero-order valence-electron chi connectivity index (χ0n) is 16.9. The number of hydrogen-bond acceptors (Lipinski definition) is 8. The van der Waals surface area contributed by atoms with Crippen molar-refractivity contribution in [2.75, 3.05) is 17.7 Å². The number of nitrogens with two attached hydrogens (primary N) is 1. The maximum absolute atomic E-state index is 12.1. The zero-order chi connectivity index (χ0) is 21.8. The Morgan fingerprint density at radius 3 is 2.63 bits per heavy atom. The van der Waals surface area contributed by atoms with E-state index in [-0.39, 0.29) is 18.2 Å². The second-order valence-electron chi connectivity index (χ2n) is 6.75. The van der Waals surface area contributed by atoms with Gasteiger partial charge >= 0.3 is 5.97 Å². The Bertz CT molecular complexity index is 1140. The van der Waals surface area contributed by atoms with Crippen molar-refractivity contribution < 1.29 is 19.1 Å². The molecule has 156 valence electrons. The highest BCUT2D eigenvalue weighted by Gasteiger charge is 2.16. The number of ether oxygens (including phenoxy) is 1. The highest BCUT2D eigenvalue weighted by atomic mass is 16.5. The van der Waals surface area contributed by atoms with E-state index in [1.807, 2.05) is 13.8 Å². The van der Waals surface area contributed by atoms with E-state index in [9.17, 15) is 14.4 Å². The topological polar surface area (TPSA) is 142 Å². The van der Waals surface area contributed by atoms with E-state index < -0.39 is 18.5 Å². The Hall–Kier alpha value is -3.82. The number of aryl methyl sites for hydroxylation is 2. The Kier molecular flexibility index (Phi) is 6.05. The molecule has 0 aliphatic rings. The maximum atomic E-state index is 12.1. The first-order valence-corrected chi connectivity index (χ1v) is 9.30. The van der Waals surface area contributed by atoms with Crippen molar-refractivity contribution in [2.45, 2.75) is 33.6 Å². The monoisotopic (exact) mass is 410 g/mol. The summed E-state index contributed by atoms with van der Waals surface area (Å²) >= 11 is 0. The molecule has 10 heteroatoms. The number of nitrogens with zero attached hydrogens (tertiary/aromatic N) is 4.